The standard InChI is InChI=1S/C29H35NO4/c1-30(21-11-5-10-16-28(31)32)22-23-34-29(24-12-6-3-7-13-24,25-14-8-4-9-15-25)26-17-19-27(33-2)20-18-26/h3-4,6-9,12-15,17-20H,5,10-11,16,21-23H2,1-2H3,(H,31,32). The monoisotopic (exact) mass is 461 g/mol. The Bertz CT molecular complexity index is 950. The number of hydrogen-bond donors (Lipinski definition) is 1. The van der Waals surface area contributed by atoms with Gasteiger partial charge in [-0.3, -0.25) is 4.79 Å². The van der Waals surface area contributed by atoms with Gasteiger partial charge in [-0.25, -0.2) is 0 Å². The lowest BCUT2D eigenvalue weighted by molar-refractivity contribution is -0.137. The van der Waals surface area contributed by atoms with Crippen LogP contribution in [0.1, 0.15) is 42.4 Å². The molecule has 0 heterocycles. The van der Waals surface area contributed by atoms with Crippen molar-refractivity contribution in [3.8, 4) is 5.75 Å². The summed E-state index contributed by atoms with van der Waals surface area (Å²) >= 11 is 0. The van der Waals surface area contributed by atoms with E-state index in [1.165, 1.54) is 0 Å². The number of likely N-dealkylation sites (N-methyl/N-ethyl adjacent to an activating group) is 1. The lowest BCUT2D eigenvalue weighted by atomic mass is 9.80. The van der Waals surface area contributed by atoms with Crippen LogP contribution in [0.2, 0.25) is 0 Å². The van der Waals surface area contributed by atoms with Crippen molar-refractivity contribution in [2.24, 2.45) is 0 Å². The van der Waals surface area contributed by atoms with Gasteiger partial charge < -0.3 is 19.5 Å². The molecule has 5 nitrogen and oxygen atoms in total. The molecule has 0 unspecified atom stereocenters. The average molecular weight is 462 g/mol. The first-order valence-corrected chi connectivity index (χ1v) is 11.9. The van der Waals surface area contributed by atoms with Gasteiger partial charge in [0.15, 0.2) is 0 Å². The maximum atomic E-state index is 10.7. The summed E-state index contributed by atoms with van der Waals surface area (Å²) in [6.45, 7) is 2.23. The molecule has 0 radical (unpaired) electrons. The molecule has 0 saturated carbocycles. The summed E-state index contributed by atoms with van der Waals surface area (Å²) in [5.41, 5.74) is 2.43. The van der Waals surface area contributed by atoms with E-state index in [1.54, 1.807) is 7.11 Å². The third kappa shape index (κ3) is 6.69. The summed E-state index contributed by atoms with van der Waals surface area (Å²) in [5.74, 6) is 0.0832. The highest BCUT2D eigenvalue weighted by Gasteiger charge is 2.37. The van der Waals surface area contributed by atoms with E-state index in [4.69, 9.17) is 14.6 Å². The molecule has 0 aliphatic rings. The zero-order valence-electron chi connectivity index (χ0n) is 20.2. The van der Waals surface area contributed by atoms with Gasteiger partial charge in [-0.15, -0.1) is 0 Å². The van der Waals surface area contributed by atoms with Gasteiger partial charge in [0.25, 0.3) is 0 Å². The van der Waals surface area contributed by atoms with E-state index in [1.807, 2.05) is 48.5 Å². The predicted molar refractivity (Wildman–Crippen MR) is 135 cm³/mol. The van der Waals surface area contributed by atoms with Crippen molar-refractivity contribution in [3.63, 3.8) is 0 Å². The van der Waals surface area contributed by atoms with Crippen LogP contribution in [0.3, 0.4) is 0 Å². The Morgan fingerprint density at radius 2 is 1.35 bits per heavy atom. The Morgan fingerprint density at radius 1 is 0.794 bits per heavy atom. The van der Waals surface area contributed by atoms with Crippen molar-refractivity contribution in [1.82, 2.24) is 4.90 Å². The molecule has 0 fully saturated rings. The zero-order chi connectivity index (χ0) is 24.2. The van der Waals surface area contributed by atoms with Crippen molar-refractivity contribution < 1.29 is 19.4 Å². The van der Waals surface area contributed by atoms with Crippen molar-refractivity contribution in [2.75, 3.05) is 33.9 Å². The zero-order valence-corrected chi connectivity index (χ0v) is 20.2. The number of carbonyl (C=O) groups is 1. The van der Waals surface area contributed by atoms with Crippen LogP contribution in [0.4, 0.5) is 0 Å². The summed E-state index contributed by atoms with van der Waals surface area (Å²) in [4.78, 5) is 12.9. The summed E-state index contributed by atoms with van der Waals surface area (Å²) in [6.07, 6.45) is 2.86. The molecule has 3 aromatic rings. The minimum absolute atomic E-state index is 0.241. The fraction of sp³-hybridized carbons (Fsp3) is 0.345. The highest BCUT2D eigenvalue weighted by Crippen LogP contribution is 2.40. The number of carboxylic acid groups (broad SMARTS) is 1. The third-order valence-corrected chi connectivity index (χ3v) is 6.08. The predicted octanol–water partition coefficient (Wildman–Crippen LogP) is 5.58. The second-order valence-electron chi connectivity index (χ2n) is 8.50. The van der Waals surface area contributed by atoms with Crippen molar-refractivity contribution in [1.29, 1.82) is 0 Å². The molecule has 5 heteroatoms. The van der Waals surface area contributed by atoms with E-state index in [9.17, 15) is 4.79 Å². The Balaban J connectivity index is 1.81. The molecule has 3 rings (SSSR count). The highest BCUT2D eigenvalue weighted by atomic mass is 16.5. The van der Waals surface area contributed by atoms with E-state index in [0.717, 1.165) is 54.8 Å². The van der Waals surface area contributed by atoms with Crippen LogP contribution in [-0.2, 0) is 15.1 Å². The van der Waals surface area contributed by atoms with Gasteiger partial charge in [-0.1, -0.05) is 79.2 Å². The van der Waals surface area contributed by atoms with Gasteiger partial charge in [0.05, 0.1) is 13.7 Å². The molecular weight excluding hydrogens is 426 g/mol. The van der Waals surface area contributed by atoms with Gasteiger partial charge in [0.2, 0.25) is 0 Å². The summed E-state index contributed by atoms with van der Waals surface area (Å²) < 4.78 is 12.2. The molecule has 1 N–H and O–H groups in total. The Hall–Kier alpha value is -3.15. The number of rotatable bonds is 14. The molecule has 34 heavy (non-hydrogen) atoms. The SMILES string of the molecule is COc1ccc(C(OCCN(C)CCCCCC(=O)O)(c2ccccc2)c2ccccc2)cc1. The first-order valence-electron chi connectivity index (χ1n) is 11.9. The number of methoxy groups -OCH3 is 1. The number of benzene rings is 3. The molecule has 0 amide bonds. The number of carboxylic acids is 1. The van der Waals surface area contributed by atoms with E-state index >= 15 is 0 Å². The second-order valence-corrected chi connectivity index (χ2v) is 8.50. The van der Waals surface area contributed by atoms with Crippen LogP contribution in [0.5, 0.6) is 5.75 Å². The van der Waals surface area contributed by atoms with Gasteiger partial charge >= 0.3 is 5.97 Å². The summed E-state index contributed by atoms with van der Waals surface area (Å²) in [6, 6.07) is 28.8. The Kier molecular flexibility index (Phi) is 9.68. The van der Waals surface area contributed by atoms with Crippen LogP contribution < -0.4 is 4.74 Å². The van der Waals surface area contributed by atoms with Crippen molar-refractivity contribution >= 4 is 5.97 Å². The normalized spacial score (nSPS) is 11.5. The van der Waals surface area contributed by atoms with Crippen molar-refractivity contribution in [2.45, 2.75) is 31.3 Å². The molecule has 0 aliphatic heterocycles. The summed E-state index contributed by atoms with van der Waals surface area (Å²) in [7, 11) is 3.76. The van der Waals surface area contributed by atoms with Gasteiger partial charge in [0.1, 0.15) is 11.4 Å². The van der Waals surface area contributed by atoms with Crippen LogP contribution in [0.25, 0.3) is 0 Å². The maximum Gasteiger partial charge on any atom is 0.303 e. The first-order chi connectivity index (χ1) is 16.6. The Morgan fingerprint density at radius 3 is 1.88 bits per heavy atom. The molecule has 180 valence electrons. The lowest BCUT2D eigenvalue weighted by Crippen LogP contribution is -2.36. The third-order valence-electron chi connectivity index (χ3n) is 6.08. The molecule has 0 atom stereocenters. The highest BCUT2D eigenvalue weighted by molar-refractivity contribution is 5.66. The minimum atomic E-state index is -0.753. The Labute approximate surface area is 203 Å². The smallest absolute Gasteiger partial charge is 0.303 e. The van der Waals surface area contributed by atoms with Crippen LogP contribution >= 0.6 is 0 Å². The summed E-state index contributed by atoms with van der Waals surface area (Å²) in [5, 5.41) is 8.79. The average Bonchev–Trinajstić information content (AvgIpc) is 2.87. The fourth-order valence-corrected chi connectivity index (χ4v) is 4.22. The minimum Gasteiger partial charge on any atom is -0.497 e. The molecule has 0 aromatic heterocycles. The van der Waals surface area contributed by atoms with Crippen LogP contribution in [-0.4, -0.2) is 49.8 Å². The topological polar surface area (TPSA) is 59.0 Å². The van der Waals surface area contributed by atoms with Crippen molar-refractivity contribution in [3.05, 3.63) is 102 Å². The van der Waals surface area contributed by atoms with Crippen LogP contribution in [0.15, 0.2) is 84.9 Å². The molecule has 0 saturated heterocycles. The fourth-order valence-electron chi connectivity index (χ4n) is 4.22. The number of hydrogen-bond acceptors (Lipinski definition) is 4. The first kappa shape index (κ1) is 25.5. The molecule has 0 bridgehead atoms. The van der Waals surface area contributed by atoms with E-state index in [-0.39, 0.29) is 6.42 Å². The number of nitrogens with zero attached hydrogens (tertiary/aromatic N) is 1. The van der Waals surface area contributed by atoms with Gasteiger partial charge in [-0.05, 0) is 55.3 Å². The van der Waals surface area contributed by atoms with E-state index in [2.05, 4.69) is 48.3 Å². The van der Waals surface area contributed by atoms with Gasteiger partial charge in [0, 0.05) is 13.0 Å². The number of ether oxygens (including phenoxy) is 2. The largest absolute Gasteiger partial charge is 0.497 e. The maximum absolute atomic E-state index is 10.7. The van der Waals surface area contributed by atoms with Gasteiger partial charge in [-0.2, -0.15) is 0 Å². The van der Waals surface area contributed by atoms with E-state index < -0.39 is 11.6 Å². The quantitative estimate of drug-likeness (QED) is 0.251. The number of unbranched alkanes of at least 4 members (excludes halogenated alkanes) is 2. The molecule has 0 spiro atoms. The molecule has 3 aromatic carbocycles. The second kappa shape index (κ2) is 12.9. The lowest BCUT2D eigenvalue weighted by Gasteiger charge is -2.36. The molecular formula is C29H35NO4. The number of aliphatic carboxylic acids is 1. The molecule has 0 aliphatic carbocycles. The van der Waals surface area contributed by atoms with Crippen LogP contribution in [0, 0.1) is 0 Å². The van der Waals surface area contributed by atoms with E-state index in [0.29, 0.717) is 6.61 Å².